The third kappa shape index (κ3) is 2.41. The van der Waals surface area contributed by atoms with Crippen LogP contribution in [0.4, 0.5) is 0 Å². The number of nitrogens with two attached hydrogens (primary N) is 1. The number of benzene rings is 1. The summed E-state index contributed by atoms with van der Waals surface area (Å²) in [6.07, 6.45) is 2.06. The smallest absolute Gasteiger partial charge is 0.253 e. The second kappa shape index (κ2) is 4.73. The van der Waals surface area contributed by atoms with Gasteiger partial charge in [-0.05, 0) is 43.5 Å². The minimum absolute atomic E-state index is 0.107. The van der Waals surface area contributed by atoms with E-state index in [-0.39, 0.29) is 11.4 Å². The van der Waals surface area contributed by atoms with Crippen LogP contribution in [0.15, 0.2) is 18.2 Å². The van der Waals surface area contributed by atoms with Crippen LogP contribution >= 0.6 is 0 Å². The molecule has 0 spiro atoms. The molecule has 1 saturated heterocycles. The molecule has 98 valence electrons. The predicted octanol–water partition coefficient (Wildman–Crippen LogP) is 2.26. The van der Waals surface area contributed by atoms with Gasteiger partial charge in [-0.2, -0.15) is 0 Å². The lowest BCUT2D eigenvalue weighted by atomic mass is 9.86. The molecule has 0 saturated carbocycles. The molecular formula is C15H22N2O. The van der Waals surface area contributed by atoms with Crippen LogP contribution in [0.1, 0.15) is 41.3 Å². The summed E-state index contributed by atoms with van der Waals surface area (Å²) in [6.45, 7) is 7.59. The Morgan fingerprint density at radius 3 is 2.56 bits per heavy atom. The van der Waals surface area contributed by atoms with E-state index < -0.39 is 0 Å². The standard InChI is InChI=1S/C15H22N2O/c1-4-7-15(16)9-17(10-15)14(18)13-6-5-11(2)12(3)8-13/h5-6,8H,4,7,9-10,16H2,1-3H3. The summed E-state index contributed by atoms with van der Waals surface area (Å²) < 4.78 is 0. The Labute approximate surface area is 109 Å². The molecule has 2 rings (SSSR count). The molecule has 0 bridgehead atoms. The molecule has 3 nitrogen and oxygen atoms in total. The maximum atomic E-state index is 12.3. The van der Waals surface area contributed by atoms with Crippen molar-refractivity contribution in [2.45, 2.75) is 39.2 Å². The minimum atomic E-state index is -0.149. The van der Waals surface area contributed by atoms with Gasteiger partial charge in [0.05, 0.1) is 5.54 Å². The van der Waals surface area contributed by atoms with Crippen molar-refractivity contribution in [3.8, 4) is 0 Å². The van der Waals surface area contributed by atoms with Crippen molar-refractivity contribution in [3.63, 3.8) is 0 Å². The van der Waals surface area contributed by atoms with Gasteiger partial charge in [-0.25, -0.2) is 0 Å². The van der Waals surface area contributed by atoms with E-state index >= 15 is 0 Å². The Hall–Kier alpha value is -1.35. The van der Waals surface area contributed by atoms with Crippen molar-refractivity contribution in [2.75, 3.05) is 13.1 Å². The van der Waals surface area contributed by atoms with Crippen LogP contribution in [0.25, 0.3) is 0 Å². The monoisotopic (exact) mass is 246 g/mol. The van der Waals surface area contributed by atoms with Gasteiger partial charge in [-0.1, -0.05) is 19.4 Å². The molecule has 2 N–H and O–H groups in total. The Kier molecular flexibility index (Phi) is 3.44. The first-order chi connectivity index (χ1) is 8.45. The highest BCUT2D eigenvalue weighted by molar-refractivity contribution is 5.95. The summed E-state index contributed by atoms with van der Waals surface area (Å²) in [4.78, 5) is 14.1. The van der Waals surface area contributed by atoms with E-state index in [1.165, 1.54) is 5.56 Å². The van der Waals surface area contributed by atoms with Gasteiger partial charge in [0.2, 0.25) is 0 Å². The van der Waals surface area contributed by atoms with E-state index in [4.69, 9.17) is 5.73 Å². The van der Waals surface area contributed by atoms with Crippen LogP contribution in [-0.2, 0) is 0 Å². The number of hydrogen-bond donors (Lipinski definition) is 1. The second-order valence-electron chi connectivity index (χ2n) is 5.57. The lowest BCUT2D eigenvalue weighted by molar-refractivity contribution is 0.0386. The largest absolute Gasteiger partial charge is 0.335 e. The zero-order chi connectivity index (χ0) is 13.3. The summed E-state index contributed by atoms with van der Waals surface area (Å²) in [5.74, 6) is 0.107. The lowest BCUT2D eigenvalue weighted by Crippen LogP contribution is -2.68. The van der Waals surface area contributed by atoms with Crippen LogP contribution in [0, 0.1) is 13.8 Å². The first kappa shape index (κ1) is 13.1. The van der Waals surface area contributed by atoms with E-state index in [1.807, 2.05) is 30.0 Å². The summed E-state index contributed by atoms with van der Waals surface area (Å²) in [6, 6.07) is 5.87. The quantitative estimate of drug-likeness (QED) is 0.889. The zero-order valence-corrected chi connectivity index (χ0v) is 11.5. The van der Waals surface area contributed by atoms with Gasteiger partial charge in [0.1, 0.15) is 0 Å². The lowest BCUT2D eigenvalue weighted by Gasteiger charge is -2.47. The fraction of sp³-hybridized carbons (Fsp3) is 0.533. The summed E-state index contributed by atoms with van der Waals surface area (Å²) in [5, 5.41) is 0. The predicted molar refractivity (Wildman–Crippen MR) is 73.6 cm³/mol. The maximum absolute atomic E-state index is 12.3. The number of carbonyl (C=O) groups is 1. The highest BCUT2D eigenvalue weighted by atomic mass is 16.2. The van der Waals surface area contributed by atoms with Crippen molar-refractivity contribution in [1.29, 1.82) is 0 Å². The number of rotatable bonds is 3. The molecule has 0 aliphatic carbocycles. The first-order valence-electron chi connectivity index (χ1n) is 6.60. The normalized spacial score (nSPS) is 17.4. The molecule has 1 aromatic rings. The van der Waals surface area contributed by atoms with E-state index in [2.05, 4.69) is 13.8 Å². The number of nitrogens with zero attached hydrogens (tertiary/aromatic N) is 1. The molecule has 1 heterocycles. The Morgan fingerprint density at radius 2 is 2.00 bits per heavy atom. The molecule has 1 aromatic carbocycles. The van der Waals surface area contributed by atoms with Crippen LogP contribution in [-0.4, -0.2) is 29.4 Å². The average molecular weight is 246 g/mol. The third-order valence-electron chi connectivity index (χ3n) is 3.80. The Bertz CT molecular complexity index is 462. The number of aryl methyl sites for hydroxylation is 2. The first-order valence-corrected chi connectivity index (χ1v) is 6.60. The van der Waals surface area contributed by atoms with Crippen LogP contribution in [0.3, 0.4) is 0 Å². The zero-order valence-electron chi connectivity index (χ0n) is 11.5. The molecule has 1 amide bonds. The van der Waals surface area contributed by atoms with Crippen LogP contribution < -0.4 is 5.73 Å². The molecule has 18 heavy (non-hydrogen) atoms. The van der Waals surface area contributed by atoms with Crippen molar-refractivity contribution >= 4 is 5.91 Å². The summed E-state index contributed by atoms with van der Waals surface area (Å²) in [5.41, 5.74) is 9.18. The fourth-order valence-corrected chi connectivity index (χ4v) is 2.57. The van der Waals surface area contributed by atoms with Crippen LogP contribution in [0.2, 0.25) is 0 Å². The number of carbonyl (C=O) groups excluding carboxylic acids is 1. The molecule has 0 atom stereocenters. The van der Waals surface area contributed by atoms with E-state index in [0.29, 0.717) is 13.1 Å². The molecule has 0 aromatic heterocycles. The van der Waals surface area contributed by atoms with Gasteiger partial charge in [-0.3, -0.25) is 4.79 Å². The van der Waals surface area contributed by atoms with E-state index in [1.54, 1.807) is 0 Å². The van der Waals surface area contributed by atoms with E-state index in [9.17, 15) is 4.79 Å². The molecule has 3 heteroatoms. The molecule has 0 unspecified atom stereocenters. The second-order valence-corrected chi connectivity index (χ2v) is 5.57. The van der Waals surface area contributed by atoms with Gasteiger partial charge in [0, 0.05) is 18.7 Å². The maximum Gasteiger partial charge on any atom is 0.253 e. The average Bonchev–Trinajstić information content (AvgIpc) is 2.29. The van der Waals surface area contributed by atoms with E-state index in [0.717, 1.165) is 24.0 Å². The fourth-order valence-electron chi connectivity index (χ4n) is 2.57. The van der Waals surface area contributed by atoms with Crippen molar-refractivity contribution in [1.82, 2.24) is 4.90 Å². The van der Waals surface area contributed by atoms with Crippen LogP contribution in [0.5, 0.6) is 0 Å². The molecule has 0 radical (unpaired) electrons. The molecular weight excluding hydrogens is 224 g/mol. The van der Waals surface area contributed by atoms with Gasteiger partial charge < -0.3 is 10.6 Å². The van der Waals surface area contributed by atoms with Gasteiger partial charge >= 0.3 is 0 Å². The molecule has 1 aliphatic heterocycles. The molecule has 1 fully saturated rings. The Balaban J connectivity index is 2.03. The third-order valence-corrected chi connectivity index (χ3v) is 3.80. The highest BCUT2D eigenvalue weighted by Crippen LogP contribution is 2.25. The SMILES string of the molecule is CCCC1(N)CN(C(=O)c2ccc(C)c(C)c2)C1. The Morgan fingerprint density at radius 1 is 1.33 bits per heavy atom. The summed E-state index contributed by atoms with van der Waals surface area (Å²) in [7, 11) is 0. The number of likely N-dealkylation sites (tertiary alicyclic amines) is 1. The number of hydrogen-bond acceptors (Lipinski definition) is 2. The minimum Gasteiger partial charge on any atom is -0.335 e. The van der Waals surface area contributed by atoms with Crippen molar-refractivity contribution < 1.29 is 4.79 Å². The van der Waals surface area contributed by atoms with Gasteiger partial charge in [0.25, 0.3) is 5.91 Å². The van der Waals surface area contributed by atoms with Gasteiger partial charge in [-0.15, -0.1) is 0 Å². The summed E-state index contributed by atoms with van der Waals surface area (Å²) >= 11 is 0. The topological polar surface area (TPSA) is 46.3 Å². The van der Waals surface area contributed by atoms with Crippen molar-refractivity contribution in [2.24, 2.45) is 5.73 Å². The highest BCUT2D eigenvalue weighted by Gasteiger charge is 2.41. The van der Waals surface area contributed by atoms with Crippen molar-refractivity contribution in [3.05, 3.63) is 34.9 Å². The van der Waals surface area contributed by atoms with Gasteiger partial charge in [0.15, 0.2) is 0 Å². The molecule has 1 aliphatic rings. The number of amides is 1.